The summed E-state index contributed by atoms with van der Waals surface area (Å²) in [4.78, 5) is 27.0. The Hall–Kier alpha value is -2.33. The van der Waals surface area contributed by atoms with Crippen molar-refractivity contribution in [2.45, 2.75) is 27.7 Å². The van der Waals surface area contributed by atoms with Gasteiger partial charge in [-0.05, 0) is 79.4 Å². The van der Waals surface area contributed by atoms with Gasteiger partial charge in [-0.1, -0.05) is 30.3 Å². The molecule has 4 heteroatoms. The van der Waals surface area contributed by atoms with Crippen molar-refractivity contribution in [3.63, 3.8) is 0 Å². The van der Waals surface area contributed by atoms with E-state index in [1.807, 2.05) is 51.1 Å². The molecule has 1 aliphatic rings. The smallest absolute Gasteiger partial charge is 0.268 e. The molecule has 3 rings (SSSR count). The number of aryl methyl sites for hydroxylation is 3. The highest BCUT2D eigenvalue weighted by molar-refractivity contribution is 8.19. The van der Waals surface area contributed by atoms with Crippen LogP contribution in [0.5, 0.6) is 0 Å². The van der Waals surface area contributed by atoms with Gasteiger partial charge < -0.3 is 0 Å². The highest BCUT2D eigenvalue weighted by Gasteiger charge is 2.37. The van der Waals surface area contributed by atoms with Crippen LogP contribution in [-0.4, -0.2) is 11.1 Å². The second-order valence-electron chi connectivity index (χ2n) is 6.10. The third kappa shape index (κ3) is 2.89. The summed E-state index contributed by atoms with van der Waals surface area (Å²) in [5.41, 5.74) is 5.84. The Kier molecular flexibility index (Phi) is 4.33. The number of hydrogen-bond donors (Lipinski definition) is 0. The van der Waals surface area contributed by atoms with Gasteiger partial charge in [-0.2, -0.15) is 0 Å². The second-order valence-corrected chi connectivity index (χ2v) is 7.06. The molecule has 0 atom stereocenters. The van der Waals surface area contributed by atoms with Gasteiger partial charge in [-0.25, -0.2) is 4.90 Å². The molecule has 2 amide bonds. The number of thioether (sulfide) groups is 1. The fourth-order valence-electron chi connectivity index (χ4n) is 2.69. The molecule has 0 aromatic heterocycles. The van der Waals surface area contributed by atoms with Crippen molar-refractivity contribution in [3.8, 4) is 0 Å². The number of nitrogens with zero attached hydrogens (tertiary/aromatic N) is 1. The van der Waals surface area contributed by atoms with Crippen LogP contribution in [0.25, 0.3) is 5.57 Å². The lowest BCUT2D eigenvalue weighted by Crippen LogP contribution is -2.27. The normalized spacial score (nSPS) is 16.8. The summed E-state index contributed by atoms with van der Waals surface area (Å²) >= 11 is 1.01. The maximum atomic E-state index is 12.8. The van der Waals surface area contributed by atoms with Gasteiger partial charge in [0, 0.05) is 0 Å². The lowest BCUT2D eigenvalue weighted by atomic mass is 10.0. The Bertz CT molecular complexity index is 883. The first-order chi connectivity index (χ1) is 11.4. The van der Waals surface area contributed by atoms with Gasteiger partial charge >= 0.3 is 0 Å². The summed E-state index contributed by atoms with van der Waals surface area (Å²) in [5, 5.41) is -0.246. The van der Waals surface area contributed by atoms with Crippen LogP contribution < -0.4 is 4.90 Å². The molecule has 0 unspecified atom stereocenters. The summed E-state index contributed by atoms with van der Waals surface area (Å²) in [6, 6.07) is 13.5. The number of rotatable bonds is 2. The number of carbonyl (C=O) groups is 2. The fourth-order valence-corrected chi connectivity index (χ4v) is 3.60. The van der Waals surface area contributed by atoms with Gasteiger partial charge in [0.05, 0.1) is 10.6 Å². The van der Waals surface area contributed by atoms with Crippen molar-refractivity contribution in [1.82, 2.24) is 0 Å². The maximum absolute atomic E-state index is 12.8. The zero-order valence-electron chi connectivity index (χ0n) is 14.2. The van der Waals surface area contributed by atoms with E-state index < -0.39 is 0 Å². The Labute approximate surface area is 146 Å². The van der Waals surface area contributed by atoms with Crippen molar-refractivity contribution >= 4 is 34.2 Å². The molecule has 122 valence electrons. The van der Waals surface area contributed by atoms with E-state index in [1.54, 1.807) is 6.07 Å². The molecular weight excluding hydrogens is 318 g/mol. The number of benzene rings is 2. The average Bonchev–Trinajstić information content (AvgIpc) is 2.84. The number of anilines is 1. The zero-order chi connectivity index (χ0) is 17.4. The van der Waals surface area contributed by atoms with E-state index in [-0.39, 0.29) is 11.1 Å². The van der Waals surface area contributed by atoms with Crippen molar-refractivity contribution in [3.05, 3.63) is 69.6 Å². The minimum absolute atomic E-state index is 0.244. The summed E-state index contributed by atoms with van der Waals surface area (Å²) in [6.45, 7) is 7.95. The lowest BCUT2D eigenvalue weighted by Gasteiger charge is -2.13. The molecule has 1 heterocycles. The number of amides is 2. The minimum Gasteiger partial charge on any atom is -0.268 e. The predicted octanol–water partition coefficient (Wildman–Crippen LogP) is 5.24. The molecule has 0 saturated carbocycles. The fraction of sp³-hybridized carbons (Fsp3) is 0.200. The standard InChI is InChI=1S/C20H19NO2S/c1-12-6-5-7-17(10-12)21-19(22)18(24-20(21)23)15(4)16-9-8-13(2)14(3)11-16/h5-11H,1-4H3/b18-15-. The summed E-state index contributed by atoms with van der Waals surface area (Å²) in [5.74, 6) is -0.244. The molecule has 2 aromatic rings. The van der Waals surface area contributed by atoms with Crippen molar-refractivity contribution in [1.29, 1.82) is 0 Å². The molecule has 1 fully saturated rings. The summed E-state index contributed by atoms with van der Waals surface area (Å²) < 4.78 is 0. The number of hydrogen-bond acceptors (Lipinski definition) is 3. The van der Waals surface area contributed by atoms with E-state index in [0.29, 0.717) is 10.6 Å². The molecule has 0 radical (unpaired) electrons. The van der Waals surface area contributed by atoms with Crippen LogP contribution in [0.3, 0.4) is 0 Å². The molecule has 0 aliphatic carbocycles. The van der Waals surface area contributed by atoms with Crippen molar-refractivity contribution in [2.24, 2.45) is 0 Å². The van der Waals surface area contributed by atoms with Crippen LogP contribution in [0.15, 0.2) is 47.4 Å². The summed E-state index contributed by atoms with van der Waals surface area (Å²) in [6.07, 6.45) is 0. The van der Waals surface area contributed by atoms with Crippen molar-refractivity contribution in [2.75, 3.05) is 4.90 Å². The first-order valence-electron chi connectivity index (χ1n) is 7.80. The van der Waals surface area contributed by atoms with E-state index in [9.17, 15) is 9.59 Å². The average molecular weight is 337 g/mol. The Morgan fingerprint density at radius 3 is 2.38 bits per heavy atom. The lowest BCUT2D eigenvalue weighted by molar-refractivity contribution is -0.113. The molecule has 0 spiro atoms. The van der Waals surface area contributed by atoms with Gasteiger partial charge in [0.15, 0.2) is 0 Å². The van der Waals surface area contributed by atoms with Crippen LogP contribution in [0, 0.1) is 20.8 Å². The molecule has 2 aromatic carbocycles. The van der Waals surface area contributed by atoms with Crippen LogP contribution in [0.2, 0.25) is 0 Å². The van der Waals surface area contributed by atoms with E-state index in [4.69, 9.17) is 0 Å². The van der Waals surface area contributed by atoms with E-state index in [1.165, 1.54) is 16.0 Å². The summed E-state index contributed by atoms with van der Waals surface area (Å²) in [7, 11) is 0. The zero-order valence-corrected chi connectivity index (χ0v) is 15.0. The van der Waals surface area contributed by atoms with E-state index >= 15 is 0 Å². The first kappa shape index (κ1) is 16.5. The molecule has 0 bridgehead atoms. The van der Waals surface area contributed by atoms with Crippen molar-refractivity contribution < 1.29 is 9.59 Å². The monoisotopic (exact) mass is 337 g/mol. The SMILES string of the molecule is C/C(=C1/SC(=O)N(c2cccc(C)c2)C1=O)c1ccc(C)c(C)c1. The Morgan fingerprint density at radius 1 is 0.958 bits per heavy atom. The molecule has 1 aliphatic heterocycles. The van der Waals surface area contributed by atoms with E-state index in [2.05, 4.69) is 13.0 Å². The van der Waals surface area contributed by atoms with Crippen LogP contribution in [-0.2, 0) is 4.79 Å². The number of carbonyl (C=O) groups excluding carboxylic acids is 2. The van der Waals surface area contributed by atoms with Gasteiger partial charge in [-0.15, -0.1) is 0 Å². The number of allylic oxidation sites excluding steroid dienone is 1. The third-order valence-electron chi connectivity index (χ3n) is 4.31. The minimum atomic E-state index is -0.246. The van der Waals surface area contributed by atoms with Gasteiger partial charge in [0.2, 0.25) is 0 Å². The number of imide groups is 1. The molecular formula is C20H19NO2S. The Balaban J connectivity index is 2.02. The Morgan fingerprint density at radius 2 is 1.71 bits per heavy atom. The highest BCUT2D eigenvalue weighted by atomic mass is 32.2. The van der Waals surface area contributed by atoms with Gasteiger partial charge in [0.1, 0.15) is 0 Å². The van der Waals surface area contributed by atoms with Crippen LogP contribution in [0.4, 0.5) is 10.5 Å². The topological polar surface area (TPSA) is 37.4 Å². The van der Waals surface area contributed by atoms with Crippen LogP contribution in [0.1, 0.15) is 29.2 Å². The largest absolute Gasteiger partial charge is 0.298 e. The first-order valence-corrected chi connectivity index (χ1v) is 8.61. The predicted molar refractivity (Wildman–Crippen MR) is 100 cm³/mol. The maximum Gasteiger partial charge on any atom is 0.298 e. The second kappa shape index (κ2) is 6.29. The van der Waals surface area contributed by atoms with Gasteiger partial charge in [0.25, 0.3) is 11.1 Å². The highest BCUT2D eigenvalue weighted by Crippen LogP contribution is 2.39. The van der Waals surface area contributed by atoms with Crippen LogP contribution >= 0.6 is 11.8 Å². The van der Waals surface area contributed by atoms with Gasteiger partial charge in [-0.3, -0.25) is 9.59 Å². The van der Waals surface area contributed by atoms with E-state index in [0.717, 1.165) is 28.5 Å². The molecule has 0 N–H and O–H groups in total. The molecule has 1 saturated heterocycles. The molecule has 3 nitrogen and oxygen atoms in total. The molecule has 24 heavy (non-hydrogen) atoms. The third-order valence-corrected chi connectivity index (χ3v) is 5.35. The quantitative estimate of drug-likeness (QED) is 0.703.